The Morgan fingerprint density at radius 1 is 1.17 bits per heavy atom. The fourth-order valence-corrected chi connectivity index (χ4v) is 2.98. The molecule has 0 amide bonds. The standard InChI is InChI=1S/C20H21N3O/c1-4-19-18(20-21-14(2)12-15(3)23(20)22-19)13-17-9-7-16(8-10-17)6-5-11-24/h5-12H,4,13H2,1-3H3/b6-5+. The molecule has 0 saturated heterocycles. The van der Waals surface area contributed by atoms with Crippen LogP contribution in [0.15, 0.2) is 36.4 Å². The Morgan fingerprint density at radius 2 is 1.92 bits per heavy atom. The van der Waals surface area contributed by atoms with E-state index >= 15 is 0 Å². The molecule has 0 aliphatic heterocycles. The van der Waals surface area contributed by atoms with Gasteiger partial charge in [0.15, 0.2) is 5.65 Å². The molecule has 0 atom stereocenters. The lowest BCUT2D eigenvalue weighted by Crippen LogP contribution is -1.98. The number of carbonyl (C=O) groups excluding carboxylic acids is 1. The van der Waals surface area contributed by atoms with E-state index in [1.54, 1.807) is 6.08 Å². The van der Waals surface area contributed by atoms with Crippen LogP contribution in [0.25, 0.3) is 11.7 Å². The summed E-state index contributed by atoms with van der Waals surface area (Å²) in [5, 5.41) is 4.73. The summed E-state index contributed by atoms with van der Waals surface area (Å²) < 4.78 is 1.95. The van der Waals surface area contributed by atoms with Gasteiger partial charge < -0.3 is 0 Å². The Morgan fingerprint density at radius 3 is 2.58 bits per heavy atom. The minimum Gasteiger partial charge on any atom is -0.299 e. The van der Waals surface area contributed by atoms with E-state index in [1.807, 2.05) is 23.6 Å². The number of allylic oxidation sites excluding steroid dienone is 1. The van der Waals surface area contributed by atoms with E-state index in [4.69, 9.17) is 10.1 Å². The van der Waals surface area contributed by atoms with Crippen LogP contribution in [0.5, 0.6) is 0 Å². The highest BCUT2D eigenvalue weighted by atomic mass is 16.1. The lowest BCUT2D eigenvalue weighted by atomic mass is 10.0. The van der Waals surface area contributed by atoms with Gasteiger partial charge in [-0.25, -0.2) is 9.50 Å². The van der Waals surface area contributed by atoms with Gasteiger partial charge in [-0.2, -0.15) is 5.10 Å². The average molecular weight is 319 g/mol. The number of fused-ring (bicyclic) bond motifs is 1. The molecule has 0 aliphatic rings. The van der Waals surface area contributed by atoms with E-state index in [0.717, 1.165) is 47.4 Å². The lowest BCUT2D eigenvalue weighted by Gasteiger charge is -2.04. The number of aldehydes is 1. The van der Waals surface area contributed by atoms with Crippen molar-refractivity contribution < 1.29 is 4.79 Å². The van der Waals surface area contributed by atoms with E-state index in [0.29, 0.717) is 0 Å². The van der Waals surface area contributed by atoms with Crippen molar-refractivity contribution in [2.24, 2.45) is 0 Å². The third-order valence-corrected chi connectivity index (χ3v) is 4.14. The first-order valence-corrected chi connectivity index (χ1v) is 8.18. The van der Waals surface area contributed by atoms with Crippen LogP contribution in [0.3, 0.4) is 0 Å². The number of benzene rings is 1. The van der Waals surface area contributed by atoms with Crippen molar-refractivity contribution in [2.45, 2.75) is 33.6 Å². The first-order chi connectivity index (χ1) is 11.6. The Balaban J connectivity index is 2.00. The molecule has 0 bridgehead atoms. The molecule has 0 spiro atoms. The molecule has 0 aliphatic carbocycles. The van der Waals surface area contributed by atoms with Crippen LogP contribution in [0.4, 0.5) is 0 Å². The highest BCUT2D eigenvalue weighted by Gasteiger charge is 2.15. The summed E-state index contributed by atoms with van der Waals surface area (Å²) in [7, 11) is 0. The van der Waals surface area contributed by atoms with Gasteiger partial charge in [0.05, 0.1) is 5.69 Å². The molecule has 4 nitrogen and oxygen atoms in total. The number of aromatic nitrogens is 3. The molecule has 2 heterocycles. The molecule has 0 fully saturated rings. The van der Waals surface area contributed by atoms with Crippen molar-refractivity contribution in [2.75, 3.05) is 0 Å². The third kappa shape index (κ3) is 3.13. The number of hydrogen-bond acceptors (Lipinski definition) is 3. The van der Waals surface area contributed by atoms with E-state index in [9.17, 15) is 4.79 Å². The maximum absolute atomic E-state index is 10.4. The van der Waals surface area contributed by atoms with Gasteiger partial charge in [0, 0.05) is 23.4 Å². The Bertz CT molecular complexity index is 905. The first-order valence-electron chi connectivity index (χ1n) is 8.18. The zero-order chi connectivity index (χ0) is 17.1. The van der Waals surface area contributed by atoms with Gasteiger partial charge in [0.25, 0.3) is 0 Å². The van der Waals surface area contributed by atoms with Gasteiger partial charge in [-0.15, -0.1) is 0 Å². The molecular weight excluding hydrogens is 298 g/mol. The molecule has 3 rings (SSSR count). The van der Waals surface area contributed by atoms with Crippen molar-refractivity contribution in [1.82, 2.24) is 14.6 Å². The molecule has 0 radical (unpaired) electrons. The number of hydrogen-bond donors (Lipinski definition) is 0. The van der Waals surface area contributed by atoms with Crippen molar-refractivity contribution in [3.63, 3.8) is 0 Å². The zero-order valence-corrected chi connectivity index (χ0v) is 14.3. The number of nitrogens with zero attached hydrogens (tertiary/aromatic N) is 3. The highest BCUT2D eigenvalue weighted by Crippen LogP contribution is 2.21. The van der Waals surface area contributed by atoms with Gasteiger partial charge in [0.1, 0.15) is 6.29 Å². The summed E-state index contributed by atoms with van der Waals surface area (Å²) >= 11 is 0. The lowest BCUT2D eigenvalue weighted by molar-refractivity contribution is -0.104. The van der Waals surface area contributed by atoms with Crippen molar-refractivity contribution in [3.8, 4) is 0 Å². The second-order valence-corrected chi connectivity index (χ2v) is 5.97. The Hall–Kier alpha value is -2.75. The van der Waals surface area contributed by atoms with E-state index in [2.05, 4.69) is 32.0 Å². The number of rotatable bonds is 5. The molecule has 24 heavy (non-hydrogen) atoms. The topological polar surface area (TPSA) is 47.3 Å². The normalized spacial score (nSPS) is 11.5. The van der Waals surface area contributed by atoms with Gasteiger partial charge in [-0.1, -0.05) is 37.3 Å². The fourth-order valence-electron chi connectivity index (χ4n) is 2.98. The molecule has 122 valence electrons. The van der Waals surface area contributed by atoms with Crippen molar-refractivity contribution in [3.05, 3.63) is 70.2 Å². The van der Waals surface area contributed by atoms with Gasteiger partial charge in [0.2, 0.25) is 0 Å². The molecule has 3 aromatic rings. The predicted molar refractivity (Wildman–Crippen MR) is 96.2 cm³/mol. The maximum Gasteiger partial charge on any atom is 0.159 e. The Labute approximate surface area is 141 Å². The molecule has 2 aromatic heterocycles. The van der Waals surface area contributed by atoms with Crippen LogP contribution >= 0.6 is 0 Å². The summed E-state index contributed by atoms with van der Waals surface area (Å²) in [4.78, 5) is 15.1. The summed E-state index contributed by atoms with van der Waals surface area (Å²) in [5.74, 6) is 0. The van der Waals surface area contributed by atoms with Crippen molar-refractivity contribution >= 4 is 18.0 Å². The van der Waals surface area contributed by atoms with Crippen LogP contribution in [0.2, 0.25) is 0 Å². The number of carbonyl (C=O) groups is 1. The molecular formula is C20H21N3O. The van der Waals surface area contributed by atoms with Crippen LogP contribution in [0, 0.1) is 13.8 Å². The van der Waals surface area contributed by atoms with Gasteiger partial charge in [-0.05, 0) is 43.5 Å². The monoisotopic (exact) mass is 319 g/mol. The third-order valence-electron chi connectivity index (χ3n) is 4.14. The quantitative estimate of drug-likeness (QED) is 0.532. The van der Waals surface area contributed by atoms with Gasteiger partial charge >= 0.3 is 0 Å². The van der Waals surface area contributed by atoms with E-state index in [1.165, 1.54) is 17.2 Å². The minimum absolute atomic E-state index is 0.788. The van der Waals surface area contributed by atoms with Crippen LogP contribution < -0.4 is 0 Å². The SMILES string of the molecule is CCc1nn2c(C)cc(C)nc2c1Cc1ccc(/C=C/C=O)cc1. The van der Waals surface area contributed by atoms with E-state index in [-0.39, 0.29) is 0 Å². The average Bonchev–Trinajstić information content (AvgIpc) is 2.92. The van der Waals surface area contributed by atoms with Crippen LogP contribution in [0.1, 0.15) is 40.7 Å². The zero-order valence-electron chi connectivity index (χ0n) is 14.3. The van der Waals surface area contributed by atoms with Gasteiger partial charge in [-0.3, -0.25) is 4.79 Å². The molecule has 0 unspecified atom stereocenters. The smallest absolute Gasteiger partial charge is 0.159 e. The highest BCUT2D eigenvalue weighted by molar-refractivity contribution is 5.73. The number of aryl methyl sites for hydroxylation is 3. The largest absolute Gasteiger partial charge is 0.299 e. The summed E-state index contributed by atoms with van der Waals surface area (Å²) in [6, 6.07) is 10.3. The Kier molecular flexibility index (Phi) is 4.56. The summed E-state index contributed by atoms with van der Waals surface area (Å²) in [6.45, 7) is 6.20. The molecule has 1 aromatic carbocycles. The second kappa shape index (κ2) is 6.79. The first kappa shape index (κ1) is 16.1. The van der Waals surface area contributed by atoms with Crippen LogP contribution in [-0.2, 0) is 17.6 Å². The molecule has 4 heteroatoms. The second-order valence-electron chi connectivity index (χ2n) is 5.97. The van der Waals surface area contributed by atoms with Crippen molar-refractivity contribution in [1.29, 1.82) is 0 Å². The maximum atomic E-state index is 10.4. The molecule has 0 N–H and O–H groups in total. The minimum atomic E-state index is 0.788. The predicted octanol–water partition coefficient (Wildman–Crippen LogP) is 3.71. The van der Waals surface area contributed by atoms with E-state index < -0.39 is 0 Å². The molecule has 0 saturated carbocycles. The summed E-state index contributed by atoms with van der Waals surface area (Å²) in [5.41, 5.74) is 7.59. The van der Waals surface area contributed by atoms with Crippen LogP contribution in [-0.4, -0.2) is 20.9 Å². The summed E-state index contributed by atoms with van der Waals surface area (Å²) in [6.07, 6.45) is 5.79. The fraction of sp³-hybridized carbons (Fsp3) is 0.250.